The second-order valence-electron chi connectivity index (χ2n) is 1.45. The number of nitrogens with zero attached hydrogens (tertiary/aromatic N) is 1. The van der Waals surface area contributed by atoms with Crippen molar-refractivity contribution < 1.29 is 4.79 Å². The Balaban J connectivity index is 2.69. The zero-order valence-corrected chi connectivity index (χ0v) is 4.09. The van der Waals surface area contributed by atoms with Crippen LogP contribution < -0.4 is 16.8 Å². The van der Waals surface area contributed by atoms with Crippen molar-refractivity contribution in [1.82, 2.24) is 5.32 Å². The van der Waals surface area contributed by atoms with Gasteiger partial charge in [0.2, 0.25) is 0 Å². The number of hydrogen-bond acceptors (Lipinski definition) is 4. The molecule has 1 rings (SSSR count). The lowest BCUT2D eigenvalue weighted by Gasteiger charge is -1.89. The summed E-state index contributed by atoms with van der Waals surface area (Å²) in [5.74, 6) is -0.245. The molecule has 0 aromatic rings. The molecule has 0 fully saturated rings. The van der Waals surface area contributed by atoms with Gasteiger partial charge >= 0.3 is 0 Å². The number of carbonyl (C=O) groups excluding carboxylic acids is 1. The maximum atomic E-state index is 10.4. The fourth-order valence-electron chi connectivity index (χ4n) is 0.441. The Morgan fingerprint density at radius 2 is 2.38 bits per heavy atom. The summed E-state index contributed by atoms with van der Waals surface area (Å²) >= 11 is 0. The molecule has 0 saturated heterocycles. The molecule has 5 heteroatoms. The zero-order chi connectivity index (χ0) is 6.15. The van der Waals surface area contributed by atoms with Gasteiger partial charge in [0.05, 0.1) is 0 Å². The first-order valence-corrected chi connectivity index (χ1v) is 2.10. The maximum absolute atomic E-state index is 10.4. The first-order valence-electron chi connectivity index (χ1n) is 2.10. The third-order valence-corrected chi connectivity index (χ3v) is 0.798. The highest BCUT2D eigenvalue weighted by atomic mass is 16.2. The van der Waals surface area contributed by atoms with Gasteiger partial charge in [-0.15, -0.1) is 0 Å². The average molecular weight is 114 g/mol. The van der Waals surface area contributed by atoms with Crippen LogP contribution in [0.1, 0.15) is 0 Å². The summed E-state index contributed by atoms with van der Waals surface area (Å²) in [6, 6.07) is 0. The molecule has 0 aromatic heterocycles. The van der Waals surface area contributed by atoms with Crippen LogP contribution in [0.4, 0.5) is 0 Å². The molecule has 1 heterocycles. The topological polar surface area (TPSA) is 93.5 Å². The molecule has 0 radical (unpaired) electrons. The number of rotatable bonds is 0. The van der Waals surface area contributed by atoms with Crippen LogP contribution in [0.3, 0.4) is 0 Å². The molecule has 8 heavy (non-hydrogen) atoms. The number of aliphatic imine (C=N–C) groups is 1. The Morgan fingerprint density at radius 3 is 2.50 bits per heavy atom. The molecular weight excluding hydrogens is 108 g/mol. The van der Waals surface area contributed by atoms with Crippen LogP contribution in [-0.4, -0.2) is 18.0 Å². The van der Waals surface area contributed by atoms with Crippen molar-refractivity contribution in [3.05, 3.63) is 0 Å². The number of amides is 1. The van der Waals surface area contributed by atoms with Gasteiger partial charge in [-0.3, -0.25) is 10.1 Å². The van der Waals surface area contributed by atoms with Gasteiger partial charge in [-0.2, -0.15) is 0 Å². The van der Waals surface area contributed by atoms with Gasteiger partial charge in [0.15, 0.2) is 12.1 Å². The molecule has 5 N–H and O–H groups in total. The molecular formula is C3H6N4O. The summed E-state index contributed by atoms with van der Waals surface area (Å²) in [7, 11) is 0. The standard InChI is InChI=1S/C3H6N4O/c4-1-2(8)7-3(5)6-1/h1H,4H2,(H3,5,6,7,8). The Hall–Kier alpha value is -1.10. The van der Waals surface area contributed by atoms with Gasteiger partial charge < -0.3 is 11.5 Å². The number of carbonyl (C=O) groups is 1. The average Bonchev–Trinajstić information content (AvgIpc) is 1.85. The minimum Gasteiger partial charge on any atom is -0.370 e. The molecule has 0 aromatic carbocycles. The van der Waals surface area contributed by atoms with Gasteiger partial charge in [0, 0.05) is 0 Å². The molecule has 44 valence electrons. The summed E-state index contributed by atoms with van der Waals surface area (Å²) in [4.78, 5) is 13.8. The first-order chi connectivity index (χ1) is 3.70. The van der Waals surface area contributed by atoms with Crippen LogP contribution in [0.15, 0.2) is 4.99 Å². The number of nitrogens with two attached hydrogens (primary N) is 2. The van der Waals surface area contributed by atoms with E-state index >= 15 is 0 Å². The second-order valence-corrected chi connectivity index (χ2v) is 1.45. The van der Waals surface area contributed by atoms with E-state index in [-0.39, 0.29) is 11.9 Å². The predicted octanol–water partition coefficient (Wildman–Crippen LogP) is -2.28. The third-order valence-electron chi connectivity index (χ3n) is 0.798. The molecule has 1 aliphatic rings. The highest BCUT2D eigenvalue weighted by molar-refractivity contribution is 6.03. The zero-order valence-electron chi connectivity index (χ0n) is 4.09. The van der Waals surface area contributed by atoms with E-state index in [0.29, 0.717) is 0 Å². The van der Waals surface area contributed by atoms with E-state index in [4.69, 9.17) is 11.5 Å². The fraction of sp³-hybridized carbons (Fsp3) is 0.333. The van der Waals surface area contributed by atoms with Gasteiger partial charge in [-0.05, 0) is 0 Å². The molecule has 1 atom stereocenters. The minimum absolute atomic E-state index is 0.0995. The summed E-state index contributed by atoms with van der Waals surface area (Å²) in [5.41, 5.74) is 10.1. The lowest BCUT2D eigenvalue weighted by Crippen LogP contribution is -2.35. The Bertz CT molecular complexity index is 151. The summed E-state index contributed by atoms with van der Waals surface area (Å²) in [5, 5.41) is 2.23. The van der Waals surface area contributed by atoms with Gasteiger partial charge in [0.1, 0.15) is 0 Å². The van der Waals surface area contributed by atoms with Gasteiger partial charge in [0.25, 0.3) is 5.91 Å². The van der Waals surface area contributed by atoms with E-state index in [1.807, 2.05) is 0 Å². The quantitative estimate of drug-likeness (QED) is 0.331. The highest BCUT2D eigenvalue weighted by Gasteiger charge is 2.19. The predicted molar refractivity (Wildman–Crippen MR) is 27.7 cm³/mol. The van der Waals surface area contributed by atoms with Crippen molar-refractivity contribution in [3.8, 4) is 0 Å². The molecule has 1 amide bonds. The molecule has 5 nitrogen and oxygen atoms in total. The Labute approximate surface area is 45.7 Å². The van der Waals surface area contributed by atoms with Crippen molar-refractivity contribution in [3.63, 3.8) is 0 Å². The molecule has 0 saturated carbocycles. The van der Waals surface area contributed by atoms with E-state index in [2.05, 4.69) is 10.3 Å². The summed E-state index contributed by atoms with van der Waals surface area (Å²) in [6.07, 6.45) is -0.796. The normalized spacial score (nSPS) is 27.4. The lowest BCUT2D eigenvalue weighted by molar-refractivity contribution is -0.119. The minimum atomic E-state index is -0.796. The van der Waals surface area contributed by atoms with Crippen LogP contribution in [0.5, 0.6) is 0 Å². The van der Waals surface area contributed by atoms with Crippen LogP contribution >= 0.6 is 0 Å². The molecule has 1 aliphatic heterocycles. The summed E-state index contributed by atoms with van der Waals surface area (Å²) < 4.78 is 0. The molecule has 0 bridgehead atoms. The van der Waals surface area contributed by atoms with E-state index in [1.165, 1.54) is 0 Å². The van der Waals surface area contributed by atoms with Crippen molar-refractivity contribution in [2.24, 2.45) is 16.5 Å². The Kier molecular flexibility index (Phi) is 0.911. The number of hydrogen-bond donors (Lipinski definition) is 3. The second kappa shape index (κ2) is 1.45. The monoisotopic (exact) mass is 114 g/mol. The number of guanidine groups is 1. The van der Waals surface area contributed by atoms with E-state index < -0.39 is 6.17 Å². The highest BCUT2D eigenvalue weighted by Crippen LogP contribution is 1.87. The van der Waals surface area contributed by atoms with E-state index in [0.717, 1.165) is 0 Å². The first kappa shape index (κ1) is 5.04. The molecule has 0 aliphatic carbocycles. The van der Waals surface area contributed by atoms with Crippen LogP contribution in [0, 0.1) is 0 Å². The maximum Gasteiger partial charge on any atom is 0.266 e. The Morgan fingerprint density at radius 1 is 1.75 bits per heavy atom. The van der Waals surface area contributed by atoms with Crippen LogP contribution in [0.2, 0.25) is 0 Å². The van der Waals surface area contributed by atoms with Crippen LogP contribution in [-0.2, 0) is 4.79 Å². The fourth-order valence-corrected chi connectivity index (χ4v) is 0.441. The molecule has 0 spiro atoms. The van der Waals surface area contributed by atoms with Crippen molar-refractivity contribution >= 4 is 11.9 Å². The molecule has 1 unspecified atom stereocenters. The van der Waals surface area contributed by atoms with Gasteiger partial charge in [-0.1, -0.05) is 0 Å². The largest absolute Gasteiger partial charge is 0.370 e. The summed E-state index contributed by atoms with van der Waals surface area (Å²) in [6.45, 7) is 0. The smallest absolute Gasteiger partial charge is 0.266 e. The van der Waals surface area contributed by atoms with E-state index in [9.17, 15) is 4.79 Å². The third kappa shape index (κ3) is 0.627. The van der Waals surface area contributed by atoms with Crippen molar-refractivity contribution in [1.29, 1.82) is 0 Å². The SMILES string of the molecule is NC1=NC(N)C(=O)N1. The lowest BCUT2D eigenvalue weighted by atomic mass is 10.5. The van der Waals surface area contributed by atoms with Crippen LogP contribution in [0.25, 0.3) is 0 Å². The van der Waals surface area contributed by atoms with Crippen molar-refractivity contribution in [2.45, 2.75) is 6.17 Å². The number of nitrogens with one attached hydrogen (secondary N) is 1. The van der Waals surface area contributed by atoms with Gasteiger partial charge in [-0.25, -0.2) is 4.99 Å². The van der Waals surface area contributed by atoms with E-state index in [1.54, 1.807) is 0 Å². The van der Waals surface area contributed by atoms with Crippen molar-refractivity contribution in [2.75, 3.05) is 0 Å².